The summed E-state index contributed by atoms with van der Waals surface area (Å²) in [5.41, 5.74) is 3.78. The van der Waals surface area contributed by atoms with E-state index in [1.54, 1.807) is 0 Å². The zero-order valence-corrected chi connectivity index (χ0v) is 13.6. The number of benzene rings is 2. The van der Waals surface area contributed by atoms with E-state index in [2.05, 4.69) is 22.6 Å². The quantitative estimate of drug-likeness (QED) is 0.580. The van der Waals surface area contributed by atoms with Crippen LogP contribution >= 0.6 is 22.6 Å². The molecule has 3 rings (SSSR count). The van der Waals surface area contributed by atoms with Gasteiger partial charge in [-0.3, -0.25) is 4.79 Å². The van der Waals surface area contributed by atoms with Crippen LogP contribution in [0.15, 0.2) is 36.4 Å². The molecule has 2 aromatic carbocycles. The van der Waals surface area contributed by atoms with Gasteiger partial charge in [-0.1, -0.05) is 12.1 Å². The van der Waals surface area contributed by atoms with Crippen LogP contribution in [0.1, 0.15) is 34.0 Å². The minimum Gasteiger partial charge on any atom is -0.490 e. The van der Waals surface area contributed by atoms with Gasteiger partial charge >= 0.3 is 0 Å². The monoisotopic (exact) mass is 378 g/mol. The minimum atomic E-state index is 0.0838. The fourth-order valence-corrected chi connectivity index (χ4v) is 3.15. The highest BCUT2D eigenvalue weighted by Gasteiger charge is 2.21. The number of ether oxygens (including phenoxy) is 1. The molecule has 1 heterocycles. The maximum atomic E-state index is 12.7. The van der Waals surface area contributed by atoms with Gasteiger partial charge < -0.3 is 4.74 Å². The van der Waals surface area contributed by atoms with Gasteiger partial charge in [-0.15, -0.1) is 0 Å². The second-order valence-corrected chi connectivity index (χ2v) is 6.30. The molecule has 0 aromatic heterocycles. The first-order chi connectivity index (χ1) is 9.56. The molecule has 0 fully saturated rings. The van der Waals surface area contributed by atoms with Gasteiger partial charge in [-0.25, -0.2) is 0 Å². The molecule has 0 radical (unpaired) electrons. The largest absolute Gasteiger partial charge is 0.490 e. The second-order valence-electron chi connectivity index (χ2n) is 5.22. The molecular formula is C17H15IO2. The number of rotatable bonds is 2. The van der Waals surface area contributed by atoms with E-state index < -0.39 is 0 Å². The summed E-state index contributed by atoms with van der Waals surface area (Å²) in [6.45, 7) is 4.07. The highest BCUT2D eigenvalue weighted by Crippen LogP contribution is 2.30. The Labute approximate surface area is 132 Å². The molecule has 3 heteroatoms. The second kappa shape index (κ2) is 5.20. The summed E-state index contributed by atoms with van der Waals surface area (Å²) in [6, 6.07) is 11.6. The average Bonchev–Trinajstić information content (AvgIpc) is 2.80. The number of halogens is 1. The Balaban J connectivity index is 2.00. The molecule has 0 saturated heterocycles. The van der Waals surface area contributed by atoms with Crippen LogP contribution in [-0.4, -0.2) is 11.9 Å². The van der Waals surface area contributed by atoms with Crippen molar-refractivity contribution in [3.05, 3.63) is 62.2 Å². The van der Waals surface area contributed by atoms with Crippen LogP contribution in [0.2, 0.25) is 0 Å². The summed E-state index contributed by atoms with van der Waals surface area (Å²) in [6.07, 6.45) is 1.08. The van der Waals surface area contributed by atoms with Crippen LogP contribution in [0.25, 0.3) is 0 Å². The zero-order valence-electron chi connectivity index (χ0n) is 11.4. The van der Waals surface area contributed by atoms with Gasteiger partial charge in [0.1, 0.15) is 11.9 Å². The lowest BCUT2D eigenvalue weighted by Gasteiger charge is -2.07. The van der Waals surface area contributed by atoms with Crippen LogP contribution in [-0.2, 0) is 6.42 Å². The molecule has 0 saturated carbocycles. The van der Waals surface area contributed by atoms with E-state index in [1.165, 1.54) is 0 Å². The fourth-order valence-electron chi connectivity index (χ4n) is 2.54. The van der Waals surface area contributed by atoms with Crippen LogP contribution in [0.5, 0.6) is 5.75 Å². The Morgan fingerprint density at radius 2 is 2.10 bits per heavy atom. The summed E-state index contributed by atoms with van der Waals surface area (Å²) in [4.78, 5) is 12.7. The van der Waals surface area contributed by atoms with Crippen LogP contribution < -0.4 is 4.74 Å². The van der Waals surface area contributed by atoms with Crippen molar-refractivity contribution in [3.8, 4) is 5.75 Å². The van der Waals surface area contributed by atoms with E-state index in [0.717, 1.165) is 38.0 Å². The van der Waals surface area contributed by atoms with Gasteiger partial charge in [0, 0.05) is 21.1 Å². The summed E-state index contributed by atoms with van der Waals surface area (Å²) in [5.74, 6) is 0.994. The molecule has 102 valence electrons. The predicted octanol–water partition coefficient (Wildman–Crippen LogP) is 4.15. The Hall–Kier alpha value is -1.36. The minimum absolute atomic E-state index is 0.0838. The Morgan fingerprint density at radius 1 is 1.30 bits per heavy atom. The van der Waals surface area contributed by atoms with E-state index >= 15 is 0 Å². The first-order valence-corrected chi connectivity index (χ1v) is 7.73. The summed E-state index contributed by atoms with van der Waals surface area (Å²) < 4.78 is 6.71. The van der Waals surface area contributed by atoms with Crippen molar-refractivity contribution < 1.29 is 9.53 Å². The highest BCUT2D eigenvalue weighted by molar-refractivity contribution is 14.1. The van der Waals surface area contributed by atoms with Crippen molar-refractivity contribution in [2.75, 3.05) is 0 Å². The van der Waals surface area contributed by atoms with Crippen molar-refractivity contribution in [1.29, 1.82) is 0 Å². The van der Waals surface area contributed by atoms with Crippen LogP contribution in [0.3, 0.4) is 0 Å². The fraction of sp³-hybridized carbons (Fsp3) is 0.235. The van der Waals surface area contributed by atoms with Crippen LogP contribution in [0, 0.1) is 10.5 Å². The van der Waals surface area contributed by atoms with E-state index in [1.807, 2.05) is 50.2 Å². The number of carbonyl (C=O) groups excluding carboxylic acids is 1. The third kappa shape index (κ3) is 2.35. The third-order valence-electron chi connectivity index (χ3n) is 3.59. The highest BCUT2D eigenvalue weighted by atomic mass is 127. The van der Waals surface area contributed by atoms with Crippen molar-refractivity contribution in [3.63, 3.8) is 0 Å². The molecule has 0 bridgehead atoms. The van der Waals surface area contributed by atoms with Gasteiger partial charge in [-0.2, -0.15) is 0 Å². The molecule has 20 heavy (non-hydrogen) atoms. The number of carbonyl (C=O) groups is 1. The molecule has 1 unspecified atom stereocenters. The molecule has 0 aliphatic carbocycles. The van der Waals surface area contributed by atoms with E-state index in [-0.39, 0.29) is 11.9 Å². The number of ketones is 1. The first-order valence-electron chi connectivity index (χ1n) is 6.65. The molecule has 2 aromatic rings. The number of fused-ring (bicyclic) bond motifs is 1. The maximum absolute atomic E-state index is 12.7. The molecule has 2 nitrogen and oxygen atoms in total. The van der Waals surface area contributed by atoms with E-state index in [9.17, 15) is 4.79 Å². The van der Waals surface area contributed by atoms with Crippen molar-refractivity contribution in [2.45, 2.75) is 26.4 Å². The van der Waals surface area contributed by atoms with Gasteiger partial charge in [-0.05, 0) is 71.8 Å². The molecule has 1 aliphatic heterocycles. The zero-order chi connectivity index (χ0) is 14.3. The Kier molecular flexibility index (Phi) is 3.54. The number of hydrogen-bond donors (Lipinski definition) is 0. The first kappa shape index (κ1) is 13.6. The molecule has 1 atom stereocenters. The third-order valence-corrected chi connectivity index (χ3v) is 5.03. The summed E-state index contributed by atoms with van der Waals surface area (Å²) >= 11 is 2.24. The molecule has 0 spiro atoms. The standard InChI is InChI=1S/C17H15IO2/c1-10-4-3-5-14(16(10)18)17(19)12-6-7-15-13(9-12)8-11(2)20-15/h3-7,9,11H,8H2,1-2H3. The Bertz CT molecular complexity index is 691. The maximum Gasteiger partial charge on any atom is 0.194 e. The van der Waals surface area contributed by atoms with Crippen molar-refractivity contribution in [2.24, 2.45) is 0 Å². The Morgan fingerprint density at radius 3 is 2.90 bits per heavy atom. The van der Waals surface area contributed by atoms with Gasteiger partial charge in [0.25, 0.3) is 0 Å². The lowest BCUT2D eigenvalue weighted by atomic mass is 9.99. The molecular weight excluding hydrogens is 363 g/mol. The van der Waals surface area contributed by atoms with E-state index in [0.29, 0.717) is 0 Å². The van der Waals surface area contributed by atoms with Crippen LogP contribution in [0.4, 0.5) is 0 Å². The molecule has 1 aliphatic rings. The smallest absolute Gasteiger partial charge is 0.194 e. The SMILES string of the molecule is Cc1cccc(C(=O)c2ccc3c(c2)CC(C)O3)c1I. The number of aryl methyl sites for hydroxylation is 1. The lowest BCUT2D eigenvalue weighted by molar-refractivity contribution is 0.103. The van der Waals surface area contributed by atoms with E-state index in [4.69, 9.17) is 4.74 Å². The van der Waals surface area contributed by atoms with Gasteiger partial charge in [0.05, 0.1) is 0 Å². The van der Waals surface area contributed by atoms with Gasteiger partial charge in [0.2, 0.25) is 0 Å². The van der Waals surface area contributed by atoms with Gasteiger partial charge in [0.15, 0.2) is 5.78 Å². The summed E-state index contributed by atoms with van der Waals surface area (Å²) in [5, 5.41) is 0. The molecule has 0 N–H and O–H groups in total. The number of hydrogen-bond acceptors (Lipinski definition) is 2. The lowest BCUT2D eigenvalue weighted by Crippen LogP contribution is -2.05. The van der Waals surface area contributed by atoms with Crippen molar-refractivity contribution >= 4 is 28.4 Å². The van der Waals surface area contributed by atoms with Crippen molar-refractivity contribution in [1.82, 2.24) is 0 Å². The average molecular weight is 378 g/mol. The summed E-state index contributed by atoms with van der Waals surface area (Å²) in [7, 11) is 0. The topological polar surface area (TPSA) is 26.3 Å². The molecule has 0 amide bonds. The predicted molar refractivity (Wildman–Crippen MR) is 87.6 cm³/mol. The normalized spacial score (nSPS) is 16.6.